The van der Waals surface area contributed by atoms with E-state index in [9.17, 15) is 0 Å². The monoisotopic (exact) mass is 322 g/mol. The molecule has 0 amide bonds. The number of hydrogen-bond acceptors (Lipinski definition) is 2. The number of ether oxygens (including phenoxy) is 1. The van der Waals surface area contributed by atoms with Crippen molar-refractivity contribution in [2.45, 2.75) is 46.1 Å². The van der Waals surface area contributed by atoms with Gasteiger partial charge in [0, 0.05) is 6.42 Å². The van der Waals surface area contributed by atoms with Crippen molar-refractivity contribution in [2.75, 3.05) is 6.61 Å². The average molecular weight is 322 g/mol. The number of aryl methyl sites for hydroxylation is 1. The molecule has 0 spiro atoms. The maximum Gasteiger partial charge on any atom is 0.119 e. The second-order valence-electron chi connectivity index (χ2n) is 6.25. The molecule has 0 aliphatic carbocycles. The van der Waals surface area contributed by atoms with E-state index in [0.717, 1.165) is 36.5 Å². The van der Waals surface area contributed by atoms with Gasteiger partial charge in [0.15, 0.2) is 0 Å². The van der Waals surface area contributed by atoms with E-state index in [4.69, 9.17) is 9.72 Å². The predicted molar refractivity (Wildman–Crippen MR) is 99.8 cm³/mol. The van der Waals surface area contributed by atoms with E-state index < -0.39 is 0 Å². The lowest BCUT2D eigenvalue weighted by Crippen LogP contribution is -2.10. The Balaban J connectivity index is 1.66. The Kier molecular flexibility index (Phi) is 5.19. The van der Waals surface area contributed by atoms with Crippen LogP contribution in [0.15, 0.2) is 48.5 Å². The molecule has 0 aliphatic heterocycles. The maximum atomic E-state index is 5.95. The highest BCUT2D eigenvalue weighted by Crippen LogP contribution is 2.22. The third-order valence-corrected chi connectivity index (χ3v) is 4.69. The molecule has 0 bridgehead atoms. The van der Waals surface area contributed by atoms with Crippen LogP contribution < -0.4 is 4.74 Å². The van der Waals surface area contributed by atoms with E-state index >= 15 is 0 Å². The third kappa shape index (κ3) is 3.45. The first-order valence-electron chi connectivity index (χ1n) is 8.89. The van der Waals surface area contributed by atoms with Crippen LogP contribution in [0, 0.1) is 0 Å². The van der Waals surface area contributed by atoms with Gasteiger partial charge in [-0.25, -0.2) is 4.98 Å². The number of imidazole rings is 1. The molecule has 0 saturated carbocycles. The van der Waals surface area contributed by atoms with Gasteiger partial charge < -0.3 is 9.30 Å². The lowest BCUT2D eigenvalue weighted by Gasteiger charge is -2.12. The van der Waals surface area contributed by atoms with Gasteiger partial charge in [0.05, 0.1) is 17.6 Å². The fraction of sp³-hybridized carbons (Fsp3) is 0.381. The summed E-state index contributed by atoms with van der Waals surface area (Å²) < 4.78 is 8.21. The van der Waals surface area contributed by atoms with E-state index in [1.54, 1.807) is 0 Å². The number of nitrogens with zero attached hydrogens (tertiary/aromatic N) is 2. The molecule has 0 aliphatic rings. The minimum Gasteiger partial charge on any atom is -0.492 e. The summed E-state index contributed by atoms with van der Waals surface area (Å²) in [5.41, 5.74) is 3.62. The van der Waals surface area contributed by atoms with Crippen LogP contribution in [0.1, 0.15) is 44.5 Å². The molecular weight excluding hydrogens is 296 g/mol. The van der Waals surface area contributed by atoms with Crippen molar-refractivity contribution >= 4 is 11.0 Å². The largest absolute Gasteiger partial charge is 0.492 e. The lowest BCUT2D eigenvalue weighted by molar-refractivity contribution is 0.298. The normalized spacial score (nSPS) is 12.5. The van der Waals surface area contributed by atoms with Crippen molar-refractivity contribution in [1.29, 1.82) is 0 Å². The Hall–Kier alpha value is -2.29. The van der Waals surface area contributed by atoms with Crippen LogP contribution in [0.3, 0.4) is 0 Å². The number of para-hydroxylation sites is 2. The van der Waals surface area contributed by atoms with Crippen LogP contribution in [0.5, 0.6) is 5.75 Å². The van der Waals surface area contributed by atoms with Gasteiger partial charge in [0.25, 0.3) is 0 Å². The molecule has 3 heteroatoms. The first kappa shape index (κ1) is 16.6. The van der Waals surface area contributed by atoms with Crippen molar-refractivity contribution in [3.63, 3.8) is 0 Å². The smallest absolute Gasteiger partial charge is 0.119 e. The second-order valence-corrected chi connectivity index (χ2v) is 6.25. The van der Waals surface area contributed by atoms with E-state index in [0.29, 0.717) is 12.5 Å². The molecule has 1 atom stereocenters. The number of fused-ring (bicyclic) bond motifs is 1. The first-order valence-corrected chi connectivity index (χ1v) is 8.89. The molecular formula is C21H26N2O. The van der Waals surface area contributed by atoms with Crippen LogP contribution >= 0.6 is 0 Å². The zero-order chi connectivity index (χ0) is 16.9. The van der Waals surface area contributed by atoms with E-state index in [1.807, 2.05) is 6.07 Å². The van der Waals surface area contributed by atoms with Crippen LogP contribution in [0.4, 0.5) is 0 Å². The van der Waals surface area contributed by atoms with Crippen molar-refractivity contribution < 1.29 is 4.74 Å². The highest BCUT2D eigenvalue weighted by Gasteiger charge is 2.09. The first-order chi connectivity index (χ1) is 11.7. The minimum atomic E-state index is 0.600. The molecule has 0 saturated heterocycles. The summed E-state index contributed by atoms with van der Waals surface area (Å²) in [6, 6.07) is 16.8. The van der Waals surface area contributed by atoms with E-state index in [1.165, 1.54) is 11.1 Å². The molecule has 0 radical (unpaired) electrons. The summed E-state index contributed by atoms with van der Waals surface area (Å²) in [5, 5.41) is 0. The van der Waals surface area contributed by atoms with Gasteiger partial charge in [-0.05, 0) is 42.2 Å². The number of aromatic nitrogens is 2. The van der Waals surface area contributed by atoms with Crippen molar-refractivity contribution in [2.24, 2.45) is 0 Å². The molecule has 24 heavy (non-hydrogen) atoms. The molecule has 3 aromatic rings. The van der Waals surface area contributed by atoms with Gasteiger partial charge in [0.1, 0.15) is 18.2 Å². The van der Waals surface area contributed by atoms with Crippen LogP contribution in [-0.4, -0.2) is 16.2 Å². The summed E-state index contributed by atoms with van der Waals surface area (Å²) in [5.74, 6) is 2.65. The summed E-state index contributed by atoms with van der Waals surface area (Å²) >= 11 is 0. The van der Waals surface area contributed by atoms with Gasteiger partial charge in [-0.3, -0.25) is 0 Å². The highest BCUT2D eigenvalue weighted by atomic mass is 16.5. The highest BCUT2D eigenvalue weighted by molar-refractivity contribution is 5.75. The molecule has 2 aromatic carbocycles. The standard InChI is InChI=1S/C21H26N2O/c1-4-16(3)17-10-12-18(13-11-17)24-15-14-23-20-9-7-6-8-19(20)22-21(23)5-2/h6-13,16H,4-5,14-15H2,1-3H3. The summed E-state index contributed by atoms with van der Waals surface area (Å²) in [7, 11) is 0. The molecule has 1 unspecified atom stereocenters. The number of rotatable bonds is 7. The Bertz CT molecular complexity index is 789. The minimum absolute atomic E-state index is 0.600. The SMILES string of the molecule is CCc1nc2ccccc2n1CCOc1ccc(C(C)CC)cc1. The Labute approximate surface area is 144 Å². The topological polar surface area (TPSA) is 27.1 Å². The summed E-state index contributed by atoms with van der Waals surface area (Å²) in [4.78, 5) is 4.70. The Morgan fingerprint density at radius 3 is 2.50 bits per heavy atom. The zero-order valence-electron chi connectivity index (χ0n) is 14.8. The fourth-order valence-corrected chi connectivity index (χ4v) is 3.03. The van der Waals surface area contributed by atoms with Gasteiger partial charge in [-0.1, -0.05) is 45.0 Å². The number of hydrogen-bond donors (Lipinski definition) is 0. The molecule has 0 N–H and O–H groups in total. The fourth-order valence-electron chi connectivity index (χ4n) is 3.03. The van der Waals surface area contributed by atoms with Gasteiger partial charge >= 0.3 is 0 Å². The van der Waals surface area contributed by atoms with Gasteiger partial charge in [0.2, 0.25) is 0 Å². The van der Waals surface area contributed by atoms with Crippen LogP contribution in [0.2, 0.25) is 0 Å². The summed E-state index contributed by atoms with van der Waals surface area (Å²) in [6.45, 7) is 8.08. The third-order valence-electron chi connectivity index (χ3n) is 4.69. The van der Waals surface area contributed by atoms with Crippen molar-refractivity contribution in [1.82, 2.24) is 9.55 Å². The zero-order valence-corrected chi connectivity index (χ0v) is 14.8. The molecule has 3 rings (SSSR count). The summed E-state index contributed by atoms with van der Waals surface area (Å²) in [6.07, 6.45) is 2.09. The Morgan fingerprint density at radius 1 is 1.04 bits per heavy atom. The lowest BCUT2D eigenvalue weighted by atomic mass is 9.99. The molecule has 1 aromatic heterocycles. The number of benzene rings is 2. The van der Waals surface area contributed by atoms with Crippen molar-refractivity contribution in [3.8, 4) is 5.75 Å². The molecule has 126 valence electrons. The molecule has 0 fully saturated rings. The van der Waals surface area contributed by atoms with E-state index in [2.05, 4.69) is 67.8 Å². The molecule has 3 nitrogen and oxygen atoms in total. The van der Waals surface area contributed by atoms with Gasteiger partial charge in [-0.15, -0.1) is 0 Å². The van der Waals surface area contributed by atoms with Crippen molar-refractivity contribution in [3.05, 3.63) is 59.9 Å². The predicted octanol–water partition coefficient (Wildman–Crippen LogP) is 5.19. The average Bonchev–Trinajstić information content (AvgIpc) is 2.99. The van der Waals surface area contributed by atoms with Crippen LogP contribution in [0.25, 0.3) is 11.0 Å². The Morgan fingerprint density at radius 2 is 1.79 bits per heavy atom. The second kappa shape index (κ2) is 7.52. The maximum absolute atomic E-state index is 5.95. The van der Waals surface area contributed by atoms with Gasteiger partial charge in [-0.2, -0.15) is 0 Å². The quantitative estimate of drug-likeness (QED) is 0.598. The molecule has 1 heterocycles. The van der Waals surface area contributed by atoms with E-state index in [-0.39, 0.29) is 0 Å². The van der Waals surface area contributed by atoms with Crippen LogP contribution in [-0.2, 0) is 13.0 Å².